The summed E-state index contributed by atoms with van der Waals surface area (Å²) >= 11 is 6.73. The molecule has 0 saturated carbocycles. The van der Waals surface area contributed by atoms with E-state index < -0.39 is 0 Å². The summed E-state index contributed by atoms with van der Waals surface area (Å²) in [7, 11) is 0. The third-order valence-corrected chi connectivity index (χ3v) is 4.90. The number of rotatable bonds is 0. The van der Waals surface area contributed by atoms with E-state index in [9.17, 15) is 9.59 Å². The zero-order valence-corrected chi connectivity index (χ0v) is 17.0. The van der Waals surface area contributed by atoms with Crippen molar-refractivity contribution in [1.82, 2.24) is 10.6 Å². The van der Waals surface area contributed by atoms with Crippen LogP contribution in [0.15, 0.2) is 45.3 Å². The maximum Gasteiger partial charge on any atom is 0.253 e. The van der Waals surface area contributed by atoms with Gasteiger partial charge in [0.15, 0.2) is 0 Å². The van der Waals surface area contributed by atoms with Gasteiger partial charge in [-0.1, -0.05) is 31.9 Å². The molecule has 0 saturated heterocycles. The normalized spacial score (nSPS) is 15.6. The van der Waals surface area contributed by atoms with Crippen LogP contribution in [0.4, 0.5) is 11.4 Å². The molecule has 2 aliphatic rings. The highest BCUT2D eigenvalue weighted by Crippen LogP contribution is 2.22. The lowest BCUT2D eigenvalue weighted by Gasteiger charge is -2.06. The molecule has 8 heteroatoms. The highest BCUT2D eigenvalue weighted by molar-refractivity contribution is 9.10. The van der Waals surface area contributed by atoms with Crippen molar-refractivity contribution in [2.45, 2.75) is 6.54 Å². The van der Waals surface area contributed by atoms with Crippen molar-refractivity contribution in [1.29, 1.82) is 0 Å². The molecule has 0 aliphatic carbocycles. The van der Waals surface area contributed by atoms with E-state index >= 15 is 0 Å². The van der Waals surface area contributed by atoms with E-state index in [0.717, 1.165) is 28.6 Å². The first kappa shape index (κ1) is 18.9. The predicted molar refractivity (Wildman–Crippen MR) is 109 cm³/mol. The minimum Gasteiger partial charge on any atom is -0.384 e. The molecule has 0 aromatic heterocycles. The summed E-state index contributed by atoms with van der Waals surface area (Å²) in [6.07, 6.45) is 0. The van der Waals surface area contributed by atoms with E-state index in [1.807, 2.05) is 0 Å². The second kappa shape index (κ2) is 8.66. The Morgan fingerprint density at radius 2 is 1.54 bits per heavy atom. The Labute approximate surface area is 168 Å². The number of hydrogen-bond acceptors (Lipinski definition) is 4. The monoisotopic (exact) mass is 480 g/mol. The first-order valence-electron chi connectivity index (χ1n) is 8.13. The zero-order valence-electron chi connectivity index (χ0n) is 13.9. The molecule has 4 rings (SSSR count). The second-order valence-electron chi connectivity index (χ2n) is 5.83. The molecule has 2 heterocycles. The number of benzene rings is 2. The van der Waals surface area contributed by atoms with Gasteiger partial charge < -0.3 is 21.3 Å². The molecular formula is C18H18Br2N4O2. The third kappa shape index (κ3) is 4.84. The zero-order chi connectivity index (χ0) is 18.5. The van der Waals surface area contributed by atoms with Gasteiger partial charge in [-0.2, -0.15) is 0 Å². The summed E-state index contributed by atoms with van der Waals surface area (Å²) in [5.41, 5.74) is 3.61. The van der Waals surface area contributed by atoms with Crippen LogP contribution in [-0.2, 0) is 11.3 Å². The van der Waals surface area contributed by atoms with E-state index in [1.54, 1.807) is 18.2 Å². The number of hydrogen-bond donors (Lipinski definition) is 4. The molecule has 0 fully saturated rings. The smallest absolute Gasteiger partial charge is 0.253 e. The molecule has 2 aromatic rings. The van der Waals surface area contributed by atoms with Crippen molar-refractivity contribution in [2.75, 3.05) is 30.3 Å². The van der Waals surface area contributed by atoms with Gasteiger partial charge >= 0.3 is 0 Å². The Balaban J connectivity index is 0.000000152. The van der Waals surface area contributed by atoms with E-state index in [4.69, 9.17) is 0 Å². The number of carbonyl (C=O) groups is 2. The van der Waals surface area contributed by atoms with Crippen molar-refractivity contribution >= 4 is 55.0 Å². The van der Waals surface area contributed by atoms with Gasteiger partial charge in [-0.05, 0) is 42.0 Å². The van der Waals surface area contributed by atoms with E-state index in [0.29, 0.717) is 11.3 Å². The highest BCUT2D eigenvalue weighted by Gasteiger charge is 2.18. The Hall–Kier alpha value is -1.90. The van der Waals surface area contributed by atoms with Crippen LogP contribution in [0.25, 0.3) is 0 Å². The summed E-state index contributed by atoms with van der Waals surface area (Å²) in [5, 5.41) is 11.9. The maximum atomic E-state index is 11.5. The first-order valence-corrected chi connectivity index (χ1v) is 9.72. The standard InChI is InChI=1S/C9H7BrN2O2.C9H11BrN2/c10-5-1-2-7-6(3-5)9(14)11-4-8(13)12-7;10-8-1-2-9-7(5-8)6-11-3-4-12-9/h1-3H,4H2,(H,11,14)(H,12,13);1-2,5,11-12H,3-4,6H2. The molecule has 0 radical (unpaired) electrons. The van der Waals surface area contributed by atoms with Gasteiger partial charge in [-0.15, -0.1) is 0 Å². The summed E-state index contributed by atoms with van der Waals surface area (Å²) < 4.78 is 1.95. The fraction of sp³-hybridized carbons (Fsp3) is 0.222. The lowest BCUT2D eigenvalue weighted by atomic mass is 10.1. The lowest BCUT2D eigenvalue weighted by molar-refractivity contribution is -0.115. The van der Waals surface area contributed by atoms with E-state index in [1.165, 1.54) is 11.3 Å². The van der Waals surface area contributed by atoms with Gasteiger partial charge in [0, 0.05) is 34.3 Å². The fourth-order valence-corrected chi connectivity index (χ4v) is 3.42. The lowest BCUT2D eigenvalue weighted by Crippen LogP contribution is -2.28. The summed E-state index contributed by atoms with van der Waals surface area (Å²) in [5.74, 6) is -0.445. The van der Waals surface area contributed by atoms with Crippen molar-refractivity contribution in [2.24, 2.45) is 0 Å². The molecule has 2 aliphatic heterocycles. The van der Waals surface area contributed by atoms with Gasteiger partial charge in [0.05, 0.1) is 17.8 Å². The molecule has 2 aromatic carbocycles. The van der Waals surface area contributed by atoms with Crippen LogP contribution in [0.1, 0.15) is 15.9 Å². The van der Waals surface area contributed by atoms with E-state index in [2.05, 4.69) is 71.3 Å². The Bertz CT molecular complexity index is 842. The number of nitrogens with one attached hydrogen (secondary N) is 4. The third-order valence-electron chi connectivity index (χ3n) is 3.91. The van der Waals surface area contributed by atoms with Crippen LogP contribution in [-0.4, -0.2) is 31.4 Å². The van der Waals surface area contributed by atoms with Gasteiger partial charge in [-0.3, -0.25) is 9.59 Å². The summed E-state index contributed by atoms with van der Waals surface area (Å²) in [6.45, 7) is 3.02. The Morgan fingerprint density at radius 1 is 0.808 bits per heavy atom. The Morgan fingerprint density at radius 3 is 2.35 bits per heavy atom. The largest absolute Gasteiger partial charge is 0.384 e. The molecular weight excluding hydrogens is 464 g/mol. The van der Waals surface area contributed by atoms with Gasteiger partial charge in [0.25, 0.3) is 5.91 Å². The van der Waals surface area contributed by atoms with Crippen LogP contribution in [0.3, 0.4) is 0 Å². The minimum atomic E-state index is -0.236. The van der Waals surface area contributed by atoms with Gasteiger partial charge in [0.2, 0.25) is 5.91 Å². The average Bonchev–Trinajstić information content (AvgIpc) is 2.93. The summed E-state index contributed by atoms with van der Waals surface area (Å²) in [6, 6.07) is 11.5. The van der Waals surface area contributed by atoms with E-state index in [-0.39, 0.29) is 18.4 Å². The number of anilines is 2. The molecule has 0 spiro atoms. The maximum absolute atomic E-state index is 11.5. The van der Waals surface area contributed by atoms with Crippen LogP contribution in [0, 0.1) is 0 Å². The number of halogens is 2. The number of amides is 2. The summed E-state index contributed by atoms with van der Waals surface area (Å²) in [4.78, 5) is 22.6. The van der Waals surface area contributed by atoms with Gasteiger partial charge in [-0.25, -0.2) is 0 Å². The van der Waals surface area contributed by atoms with Crippen LogP contribution >= 0.6 is 31.9 Å². The molecule has 0 bridgehead atoms. The molecule has 4 N–H and O–H groups in total. The quantitative estimate of drug-likeness (QED) is 0.466. The first-order chi connectivity index (χ1) is 12.5. The predicted octanol–water partition coefficient (Wildman–Crippen LogP) is 3.10. The van der Waals surface area contributed by atoms with Crippen molar-refractivity contribution < 1.29 is 9.59 Å². The van der Waals surface area contributed by atoms with Crippen LogP contribution in [0.5, 0.6) is 0 Å². The molecule has 136 valence electrons. The van der Waals surface area contributed by atoms with Crippen molar-refractivity contribution in [3.63, 3.8) is 0 Å². The molecule has 26 heavy (non-hydrogen) atoms. The van der Waals surface area contributed by atoms with Crippen molar-refractivity contribution in [3.05, 3.63) is 56.5 Å². The SMILES string of the molecule is Brc1ccc2c(c1)CNCCN2.O=C1CNC(=O)c2cc(Br)ccc2N1. The second-order valence-corrected chi connectivity index (χ2v) is 7.66. The van der Waals surface area contributed by atoms with Gasteiger partial charge in [0.1, 0.15) is 0 Å². The number of fused-ring (bicyclic) bond motifs is 2. The molecule has 0 unspecified atom stereocenters. The van der Waals surface area contributed by atoms with Crippen molar-refractivity contribution in [3.8, 4) is 0 Å². The van der Waals surface area contributed by atoms with Crippen LogP contribution in [0.2, 0.25) is 0 Å². The van der Waals surface area contributed by atoms with Crippen LogP contribution < -0.4 is 21.3 Å². The fourth-order valence-electron chi connectivity index (χ4n) is 2.65. The average molecular weight is 482 g/mol. The number of carbonyl (C=O) groups excluding carboxylic acids is 2. The molecule has 2 amide bonds. The molecule has 6 nitrogen and oxygen atoms in total. The highest BCUT2D eigenvalue weighted by atomic mass is 79.9. The topological polar surface area (TPSA) is 82.3 Å². The Kier molecular flexibility index (Phi) is 6.29. The molecule has 0 atom stereocenters. The minimum absolute atomic E-state index is 0.0190.